The van der Waals surface area contributed by atoms with Crippen LogP contribution in [0.25, 0.3) is 0 Å². The van der Waals surface area contributed by atoms with Crippen molar-refractivity contribution in [1.82, 2.24) is 10.2 Å². The summed E-state index contributed by atoms with van der Waals surface area (Å²) >= 11 is 0. The van der Waals surface area contributed by atoms with Gasteiger partial charge in [-0.1, -0.05) is 42.5 Å². The van der Waals surface area contributed by atoms with Gasteiger partial charge in [-0.15, -0.1) is 0 Å². The average Bonchev–Trinajstić information content (AvgIpc) is 2.93. The van der Waals surface area contributed by atoms with Gasteiger partial charge in [0.2, 0.25) is 0 Å². The van der Waals surface area contributed by atoms with Crippen molar-refractivity contribution in [2.75, 3.05) is 51.7 Å². The fourth-order valence-electron chi connectivity index (χ4n) is 3.63. The van der Waals surface area contributed by atoms with Crippen molar-refractivity contribution in [2.45, 2.75) is 25.6 Å². The first-order valence-electron chi connectivity index (χ1n) is 10.1. The van der Waals surface area contributed by atoms with Gasteiger partial charge < -0.3 is 19.9 Å². The van der Waals surface area contributed by atoms with E-state index in [1.165, 1.54) is 29.8 Å². The van der Waals surface area contributed by atoms with Gasteiger partial charge in [-0.25, -0.2) is 0 Å². The SMILES string of the molecule is CNCCC(OCc1cccc(N2CCCN(C)CC2)c1)c1ccccc1. The van der Waals surface area contributed by atoms with Crippen LogP contribution >= 0.6 is 0 Å². The van der Waals surface area contributed by atoms with Gasteiger partial charge in [0.15, 0.2) is 0 Å². The number of nitrogens with zero attached hydrogens (tertiary/aromatic N) is 2. The number of ether oxygens (including phenoxy) is 1. The Morgan fingerprint density at radius 2 is 1.85 bits per heavy atom. The second-order valence-corrected chi connectivity index (χ2v) is 7.42. The van der Waals surface area contributed by atoms with E-state index in [0.717, 1.165) is 32.6 Å². The van der Waals surface area contributed by atoms with E-state index in [1.807, 2.05) is 7.05 Å². The zero-order valence-electron chi connectivity index (χ0n) is 16.7. The zero-order chi connectivity index (χ0) is 18.9. The first kappa shape index (κ1) is 19.9. The van der Waals surface area contributed by atoms with Gasteiger partial charge in [0.05, 0.1) is 12.7 Å². The van der Waals surface area contributed by atoms with Crippen molar-refractivity contribution in [1.29, 1.82) is 0 Å². The third-order valence-electron chi connectivity index (χ3n) is 5.27. The lowest BCUT2D eigenvalue weighted by atomic mass is 10.1. The van der Waals surface area contributed by atoms with E-state index in [0.29, 0.717) is 6.61 Å². The molecule has 1 N–H and O–H groups in total. The second kappa shape index (κ2) is 10.5. The summed E-state index contributed by atoms with van der Waals surface area (Å²) < 4.78 is 6.33. The second-order valence-electron chi connectivity index (χ2n) is 7.42. The van der Waals surface area contributed by atoms with E-state index in [-0.39, 0.29) is 6.10 Å². The summed E-state index contributed by atoms with van der Waals surface area (Å²) in [5, 5.41) is 3.24. The predicted octanol–water partition coefficient (Wildman–Crippen LogP) is 3.70. The molecular weight excluding hydrogens is 334 g/mol. The molecule has 0 spiro atoms. The number of hydrogen-bond donors (Lipinski definition) is 1. The minimum atomic E-state index is 0.120. The van der Waals surface area contributed by atoms with E-state index >= 15 is 0 Å². The van der Waals surface area contributed by atoms with Crippen LogP contribution in [-0.2, 0) is 11.3 Å². The van der Waals surface area contributed by atoms with Crippen molar-refractivity contribution < 1.29 is 4.74 Å². The molecule has 2 aromatic carbocycles. The highest BCUT2D eigenvalue weighted by Crippen LogP contribution is 2.24. The lowest BCUT2D eigenvalue weighted by Crippen LogP contribution is -2.28. The lowest BCUT2D eigenvalue weighted by molar-refractivity contribution is 0.0344. The van der Waals surface area contributed by atoms with E-state index in [4.69, 9.17) is 4.74 Å². The molecule has 0 saturated carbocycles. The van der Waals surface area contributed by atoms with Gasteiger partial charge in [-0.05, 0) is 63.3 Å². The van der Waals surface area contributed by atoms with Crippen molar-refractivity contribution in [3.05, 3.63) is 65.7 Å². The molecule has 0 aromatic heterocycles. The molecular formula is C23H33N3O. The smallest absolute Gasteiger partial charge is 0.0841 e. The van der Waals surface area contributed by atoms with Crippen LogP contribution < -0.4 is 10.2 Å². The molecule has 4 heteroatoms. The number of hydrogen-bond acceptors (Lipinski definition) is 4. The summed E-state index contributed by atoms with van der Waals surface area (Å²) in [5.74, 6) is 0. The van der Waals surface area contributed by atoms with Gasteiger partial charge in [-0.3, -0.25) is 0 Å². The molecule has 1 aliphatic rings. The van der Waals surface area contributed by atoms with Crippen LogP contribution in [0.4, 0.5) is 5.69 Å². The van der Waals surface area contributed by atoms with Gasteiger partial charge >= 0.3 is 0 Å². The standard InChI is InChI=1S/C23H33N3O/c1-24-13-12-23(21-9-4-3-5-10-21)27-19-20-8-6-11-22(18-20)26-15-7-14-25(2)16-17-26/h3-6,8-11,18,23-24H,7,12-17,19H2,1-2H3. The number of likely N-dealkylation sites (N-methyl/N-ethyl adjacent to an activating group) is 1. The molecule has 27 heavy (non-hydrogen) atoms. The predicted molar refractivity (Wildman–Crippen MR) is 113 cm³/mol. The highest BCUT2D eigenvalue weighted by atomic mass is 16.5. The first-order chi connectivity index (χ1) is 13.3. The van der Waals surface area contributed by atoms with Crippen molar-refractivity contribution >= 4 is 5.69 Å². The quantitative estimate of drug-likeness (QED) is 0.770. The maximum atomic E-state index is 6.33. The summed E-state index contributed by atoms with van der Waals surface area (Å²) in [6.45, 7) is 6.12. The Bertz CT molecular complexity index is 676. The number of nitrogens with one attached hydrogen (secondary N) is 1. The van der Waals surface area contributed by atoms with E-state index in [2.05, 4.69) is 76.8 Å². The number of benzene rings is 2. The maximum Gasteiger partial charge on any atom is 0.0841 e. The number of anilines is 1. The van der Waals surface area contributed by atoms with Gasteiger partial charge in [-0.2, -0.15) is 0 Å². The molecule has 3 rings (SSSR count). The lowest BCUT2D eigenvalue weighted by Gasteiger charge is -2.24. The summed E-state index contributed by atoms with van der Waals surface area (Å²) in [7, 11) is 4.20. The normalized spacial score (nSPS) is 16.9. The molecule has 0 amide bonds. The van der Waals surface area contributed by atoms with Crippen LogP contribution in [0.5, 0.6) is 0 Å². The first-order valence-corrected chi connectivity index (χ1v) is 10.1. The molecule has 1 saturated heterocycles. The molecule has 1 unspecified atom stereocenters. The fraction of sp³-hybridized carbons (Fsp3) is 0.478. The monoisotopic (exact) mass is 367 g/mol. The van der Waals surface area contributed by atoms with Crippen LogP contribution in [0.3, 0.4) is 0 Å². The average molecular weight is 368 g/mol. The molecule has 1 atom stereocenters. The highest BCUT2D eigenvalue weighted by Gasteiger charge is 2.14. The van der Waals surface area contributed by atoms with Crippen LogP contribution in [0.15, 0.2) is 54.6 Å². The Kier molecular flexibility index (Phi) is 7.69. The third-order valence-corrected chi connectivity index (χ3v) is 5.27. The molecule has 2 aromatic rings. The van der Waals surface area contributed by atoms with Crippen LogP contribution in [0.1, 0.15) is 30.1 Å². The van der Waals surface area contributed by atoms with Gasteiger partial charge in [0.1, 0.15) is 0 Å². The Hall–Kier alpha value is -1.88. The molecule has 0 radical (unpaired) electrons. The highest BCUT2D eigenvalue weighted by molar-refractivity contribution is 5.48. The van der Waals surface area contributed by atoms with E-state index in [1.54, 1.807) is 0 Å². The minimum Gasteiger partial charge on any atom is -0.370 e. The van der Waals surface area contributed by atoms with E-state index < -0.39 is 0 Å². The number of rotatable bonds is 8. The van der Waals surface area contributed by atoms with Crippen LogP contribution in [0, 0.1) is 0 Å². The van der Waals surface area contributed by atoms with Crippen LogP contribution in [-0.4, -0.2) is 51.7 Å². The molecule has 146 valence electrons. The molecule has 4 nitrogen and oxygen atoms in total. The Balaban J connectivity index is 1.64. The van der Waals surface area contributed by atoms with Crippen molar-refractivity contribution in [2.24, 2.45) is 0 Å². The topological polar surface area (TPSA) is 27.7 Å². The van der Waals surface area contributed by atoms with Gasteiger partial charge in [0.25, 0.3) is 0 Å². The third kappa shape index (κ3) is 6.06. The molecule has 1 heterocycles. The van der Waals surface area contributed by atoms with Gasteiger partial charge in [0, 0.05) is 25.3 Å². The summed E-state index contributed by atoms with van der Waals surface area (Å²) in [6, 6.07) is 19.4. The Labute approximate surface area is 164 Å². The molecule has 0 bridgehead atoms. The van der Waals surface area contributed by atoms with E-state index in [9.17, 15) is 0 Å². The Morgan fingerprint density at radius 3 is 2.67 bits per heavy atom. The van der Waals surface area contributed by atoms with Crippen molar-refractivity contribution in [3.63, 3.8) is 0 Å². The summed E-state index contributed by atoms with van der Waals surface area (Å²) in [6.07, 6.45) is 2.31. The molecule has 1 aliphatic heterocycles. The zero-order valence-corrected chi connectivity index (χ0v) is 16.7. The minimum absolute atomic E-state index is 0.120. The van der Waals surface area contributed by atoms with Crippen molar-refractivity contribution in [3.8, 4) is 0 Å². The molecule has 1 fully saturated rings. The summed E-state index contributed by atoms with van der Waals surface area (Å²) in [5.41, 5.74) is 3.81. The largest absolute Gasteiger partial charge is 0.370 e. The molecule has 0 aliphatic carbocycles. The summed E-state index contributed by atoms with van der Waals surface area (Å²) in [4.78, 5) is 4.92. The van der Waals surface area contributed by atoms with Crippen LogP contribution in [0.2, 0.25) is 0 Å². The Morgan fingerprint density at radius 1 is 1.00 bits per heavy atom. The maximum absolute atomic E-state index is 6.33. The fourth-order valence-corrected chi connectivity index (χ4v) is 3.63.